The fraction of sp³-hybridized carbons (Fsp3) is 0.375. The van der Waals surface area contributed by atoms with E-state index in [0.717, 1.165) is 6.29 Å². The number of imidazole rings is 1. The summed E-state index contributed by atoms with van der Waals surface area (Å²) in [5, 5.41) is 5.07. The molecule has 0 bridgehead atoms. The van der Waals surface area contributed by atoms with Gasteiger partial charge < -0.3 is 28.7 Å². The molecule has 2 aromatic heterocycles. The zero-order valence-electron chi connectivity index (χ0n) is 30.1. The minimum absolute atomic E-state index is 0.177. The van der Waals surface area contributed by atoms with Crippen molar-refractivity contribution in [3.05, 3.63) is 109 Å². The molecule has 2 fully saturated rings. The van der Waals surface area contributed by atoms with E-state index in [0.29, 0.717) is 36.2 Å². The van der Waals surface area contributed by atoms with E-state index in [1.165, 1.54) is 16.7 Å². The van der Waals surface area contributed by atoms with Gasteiger partial charge in [0.2, 0.25) is 0 Å². The van der Waals surface area contributed by atoms with E-state index in [2.05, 4.69) is 89.6 Å². The standard InChI is InChI=1S/C40H45N5O6Si/c1-39(2,3)52(29-17-11-7-12-18-29,30-19-13-8-14-20-30)48-22-21-27(24-46)23-31-33-34(51-40(4,5)50-33)38(49-31)45-26-43-32-35(41-25-42-36(32)45)44-37(47)28-15-9-6-10-16-28/h6-20,24-27,31,33-34,38H,21-23H2,1-5H3,(H,41,42,44,47)/t27?,31-,33-,34-,38-/m1/s1. The highest BCUT2D eigenvalue weighted by atomic mass is 28.4. The lowest BCUT2D eigenvalue weighted by molar-refractivity contribution is -0.198. The smallest absolute Gasteiger partial charge is 0.261 e. The predicted molar refractivity (Wildman–Crippen MR) is 200 cm³/mol. The van der Waals surface area contributed by atoms with E-state index in [9.17, 15) is 9.59 Å². The topological polar surface area (TPSA) is 127 Å². The van der Waals surface area contributed by atoms with Gasteiger partial charge in [-0.3, -0.25) is 9.36 Å². The van der Waals surface area contributed by atoms with Crippen LogP contribution in [0.4, 0.5) is 5.82 Å². The second-order valence-electron chi connectivity index (χ2n) is 14.9. The van der Waals surface area contributed by atoms with Crippen LogP contribution in [-0.4, -0.2) is 70.7 Å². The van der Waals surface area contributed by atoms with Crippen LogP contribution in [0.25, 0.3) is 11.2 Å². The van der Waals surface area contributed by atoms with E-state index >= 15 is 0 Å². The molecule has 4 heterocycles. The number of benzene rings is 3. The lowest BCUT2D eigenvalue weighted by Crippen LogP contribution is -2.66. The first-order valence-corrected chi connectivity index (χ1v) is 19.7. The number of anilines is 1. The van der Waals surface area contributed by atoms with Crippen molar-refractivity contribution in [3.63, 3.8) is 0 Å². The van der Waals surface area contributed by atoms with E-state index < -0.39 is 38.6 Å². The molecule has 270 valence electrons. The SMILES string of the molecule is CC1(C)O[C@@H]2[C@H](O1)[C@@H](CC(C=O)CCO[Si](c1ccccc1)(c1ccccc1)C(C)(C)C)O[C@H]2n1cnc2c(NC(=O)c3ccccc3)ncnc21. The highest BCUT2D eigenvalue weighted by Crippen LogP contribution is 2.45. The van der Waals surface area contributed by atoms with Gasteiger partial charge in [-0.25, -0.2) is 15.0 Å². The van der Waals surface area contributed by atoms with Gasteiger partial charge in [0.15, 0.2) is 29.0 Å². The van der Waals surface area contributed by atoms with Gasteiger partial charge in [-0.1, -0.05) is 99.6 Å². The van der Waals surface area contributed by atoms with Crippen molar-refractivity contribution in [1.29, 1.82) is 0 Å². The first-order valence-electron chi connectivity index (χ1n) is 17.8. The predicted octanol–water partition coefficient (Wildman–Crippen LogP) is 5.67. The van der Waals surface area contributed by atoms with Gasteiger partial charge in [-0.2, -0.15) is 0 Å². The maximum Gasteiger partial charge on any atom is 0.261 e. The van der Waals surface area contributed by atoms with Crippen molar-refractivity contribution >= 4 is 47.9 Å². The normalized spacial score (nSPS) is 21.9. The first kappa shape index (κ1) is 35.8. The summed E-state index contributed by atoms with van der Waals surface area (Å²) in [6.45, 7) is 10.9. The van der Waals surface area contributed by atoms with Gasteiger partial charge >= 0.3 is 0 Å². The van der Waals surface area contributed by atoms with Crippen molar-refractivity contribution in [2.75, 3.05) is 11.9 Å². The van der Waals surface area contributed by atoms with Gasteiger partial charge in [-0.05, 0) is 54.2 Å². The second-order valence-corrected chi connectivity index (χ2v) is 19.2. The lowest BCUT2D eigenvalue weighted by Gasteiger charge is -2.43. The number of aromatic nitrogens is 4. The fourth-order valence-electron chi connectivity index (χ4n) is 7.64. The number of fused-ring (bicyclic) bond motifs is 2. The third kappa shape index (κ3) is 6.84. The molecule has 52 heavy (non-hydrogen) atoms. The van der Waals surface area contributed by atoms with Gasteiger partial charge in [0, 0.05) is 18.1 Å². The van der Waals surface area contributed by atoms with Crippen LogP contribution in [0, 0.1) is 5.92 Å². The highest BCUT2D eigenvalue weighted by Gasteiger charge is 2.56. The zero-order valence-corrected chi connectivity index (χ0v) is 31.1. The molecule has 5 aromatic rings. The molecule has 5 atom stereocenters. The van der Waals surface area contributed by atoms with E-state index in [-0.39, 0.29) is 22.7 Å². The van der Waals surface area contributed by atoms with Gasteiger partial charge in [0.05, 0.1) is 12.4 Å². The van der Waals surface area contributed by atoms with Crippen molar-refractivity contribution in [2.24, 2.45) is 5.92 Å². The number of aldehydes is 1. The summed E-state index contributed by atoms with van der Waals surface area (Å²) in [6.07, 6.45) is 2.93. The lowest BCUT2D eigenvalue weighted by atomic mass is 9.96. The zero-order chi connectivity index (χ0) is 36.5. The summed E-state index contributed by atoms with van der Waals surface area (Å²) < 4.78 is 28.4. The molecule has 11 nitrogen and oxygen atoms in total. The Hall–Kier alpha value is -4.59. The monoisotopic (exact) mass is 719 g/mol. The minimum atomic E-state index is -2.76. The van der Waals surface area contributed by atoms with Gasteiger partial charge in [0.1, 0.15) is 24.8 Å². The molecule has 0 aliphatic carbocycles. The molecule has 0 spiro atoms. The van der Waals surface area contributed by atoms with E-state index in [1.54, 1.807) is 35.2 Å². The highest BCUT2D eigenvalue weighted by molar-refractivity contribution is 6.99. The third-order valence-electron chi connectivity index (χ3n) is 9.98. The molecule has 2 aliphatic rings. The quantitative estimate of drug-likeness (QED) is 0.128. The maximum absolute atomic E-state index is 12.9. The minimum Gasteiger partial charge on any atom is -0.407 e. The average Bonchev–Trinajstić information content (AvgIpc) is 3.81. The fourth-order valence-corrected chi connectivity index (χ4v) is 12.2. The van der Waals surface area contributed by atoms with Crippen LogP contribution in [0.2, 0.25) is 5.04 Å². The summed E-state index contributed by atoms with van der Waals surface area (Å²) in [5.41, 5.74) is 1.39. The van der Waals surface area contributed by atoms with E-state index in [1.807, 2.05) is 32.0 Å². The number of ether oxygens (including phenoxy) is 3. The number of hydrogen-bond donors (Lipinski definition) is 1. The van der Waals surface area contributed by atoms with Crippen molar-refractivity contribution in [1.82, 2.24) is 19.5 Å². The summed E-state index contributed by atoms with van der Waals surface area (Å²) >= 11 is 0. The molecule has 1 amide bonds. The molecule has 3 aromatic carbocycles. The van der Waals surface area contributed by atoms with Gasteiger partial charge in [0.25, 0.3) is 14.2 Å². The summed E-state index contributed by atoms with van der Waals surface area (Å²) in [6, 6.07) is 29.9. The van der Waals surface area contributed by atoms with Crippen molar-refractivity contribution < 1.29 is 28.2 Å². The number of carbonyl (C=O) groups is 2. The third-order valence-corrected chi connectivity index (χ3v) is 15.0. The van der Waals surface area contributed by atoms with E-state index in [4.69, 9.17) is 18.6 Å². The number of hydrogen-bond acceptors (Lipinski definition) is 9. The Morgan fingerprint density at radius 1 is 0.923 bits per heavy atom. The second kappa shape index (κ2) is 14.4. The van der Waals surface area contributed by atoms with Crippen LogP contribution in [0.5, 0.6) is 0 Å². The summed E-state index contributed by atoms with van der Waals surface area (Å²) in [5.74, 6) is -1.23. The Morgan fingerprint density at radius 3 is 2.15 bits per heavy atom. The number of nitrogens with one attached hydrogen (secondary N) is 1. The number of rotatable bonds is 12. The van der Waals surface area contributed by atoms with Crippen LogP contribution < -0.4 is 15.7 Å². The van der Waals surface area contributed by atoms with Crippen LogP contribution in [0.1, 0.15) is 64.0 Å². The number of carbonyl (C=O) groups excluding carboxylic acids is 2. The van der Waals surface area contributed by atoms with Crippen molar-refractivity contribution in [3.8, 4) is 0 Å². The van der Waals surface area contributed by atoms with Crippen LogP contribution in [0.3, 0.4) is 0 Å². The molecule has 1 unspecified atom stereocenters. The molecule has 1 N–H and O–H groups in total. The van der Waals surface area contributed by atoms with Crippen LogP contribution in [-0.2, 0) is 23.4 Å². The Kier molecular flexibility index (Phi) is 9.94. The van der Waals surface area contributed by atoms with Crippen molar-refractivity contribution in [2.45, 2.75) is 82.8 Å². The maximum atomic E-state index is 12.9. The Balaban J connectivity index is 1.10. The molecule has 2 saturated heterocycles. The molecule has 0 saturated carbocycles. The largest absolute Gasteiger partial charge is 0.407 e. The molecular formula is C40H45N5O6Si. The Labute approximate surface area is 304 Å². The summed E-state index contributed by atoms with van der Waals surface area (Å²) in [4.78, 5) is 39.0. The first-order chi connectivity index (χ1) is 25.0. The Bertz CT molecular complexity index is 1960. The van der Waals surface area contributed by atoms with Gasteiger partial charge in [-0.15, -0.1) is 0 Å². The van der Waals surface area contributed by atoms with Crippen LogP contribution >= 0.6 is 0 Å². The average molecular weight is 720 g/mol. The molecule has 7 rings (SSSR count). The molecular weight excluding hydrogens is 675 g/mol. The molecule has 2 aliphatic heterocycles. The molecule has 0 radical (unpaired) electrons. The Morgan fingerprint density at radius 2 is 1.54 bits per heavy atom. The van der Waals surface area contributed by atoms with Crippen LogP contribution in [0.15, 0.2) is 104 Å². The number of nitrogens with zero attached hydrogens (tertiary/aromatic N) is 4. The number of amides is 1. The molecule has 12 heteroatoms. The summed E-state index contributed by atoms with van der Waals surface area (Å²) in [7, 11) is -2.76.